The van der Waals surface area contributed by atoms with Crippen LogP contribution in [0.15, 0.2) is 46.8 Å². The lowest BCUT2D eigenvalue weighted by atomic mass is 9.71. The molecule has 6 aliphatic rings. The van der Waals surface area contributed by atoms with Crippen molar-refractivity contribution < 1.29 is 9.59 Å². The summed E-state index contributed by atoms with van der Waals surface area (Å²) in [5.41, 5.74) is 6.84. The molecule has 2 N–H and O–H groups in total. The first-order valence-electron chi connectivity index (χ1n) is 8.37. The Hall–Kier alpha value is -1.95. The smallest absolute Gasteiger partial charge is 0.125 e. The van der Waals surface area contributed by atoms with Crippen molar-refractivity contribution in [2.24, 2.45) is 17.8 Å². The van der Waals surface area contributed by atoms with Crippen molar-refractivity contribution in [1.29, 1.82) is 0 Å². The molecule has 122 valence electrons. The van der Waals surface area contributed by atoms with E-state index in [9.17, 15) is 9.59 Å². The van der Waals surface area contributed by atoms with Crippen LogP contribution in [0.1, 0.15) is 12.8 Å². The molecule has 2 bridgehead atoms. The van der Waals surface area contributed by atoms with Crippen molar-refractivity contribution in [3.05, 3.63) is 46.8 Å². The number of hydrazine groups is 1. The number of piperidine rings is 3. The van der Waals surface area contributed by atoms with E-state index in [0.717, 1.165) is 23.5 Å². The number of allylic oxidation sites excluding steroid dienone is 2. The molecule has 6 heteroatoms. The van der Waals surface area contributed by atoms with Crippen LogP contribution in [0.25, 0.3) is 0 Å². The van der Waals surface area contributed by atoms with Gasteiger partial charge in [-0.15, -0.1) is 0 Å². The van der Waals surface area contributed by atoms with Crippen molar-refractivity contribution in [2.75, 3.05) is 26.7 Å². The van der Waals surface area contributed by atoms with E-state index in [0.29, 0.717) is 22.5 Å². The molecule has 4 fully saturated rings. The Morgan fingerprint density at radius 3 is 2.74 bits per heavy atom. The van der Waals surface area contributed by atoms with E-state index in [1.165, 1.54) is 38.3 Å². The maximum atomic E-state index is 13.9. The average molecular weight is 316 g/mol. The van der Waals surface area contributed by atoms with Gasteiger partial charge in [0.15, 0.2) is 0 Å². The highest BCUT2D eigenvalue weighted by Crippen LogP contribution is 2.47. The number of hydrogen-bond donors (Lipinski definition) is 2. The first-order valence-corrected chi connectivity index (χ1v) is 8.37. The average Bonchev–Trinajstić information content (AvgIpc) is 2.88. The summed E-state index contributed by atoms with van der Waals surface area (Å²) in [6.45, 7) is 3.34. The minimum Gasteiger partial charge on any atom is -0.507 e. The molecule has 2 unspecified atom stereocenters. The number of aliphatic hydroxyl groups is 1. The number of fused-ring (bicyclic) bond motifs is 3. The number of halogens is 1. The van der Waals surface area contributed by atoms with Crippen LogP contribution < -0.4 is 5.43 Å². The highest BCUT2D eigenvalue weighted by molar-refractivity contribution is 5.54. The molecule has 0 spiro atoms. The fourth-order valence-corrected chi connectivity index (χ4v) is 4.85. The fourth-order valence-electron chi connectivity index (χ4n) is 4.85. The van der Waals surface area contributed by atoms with Gasteiger partial charge in [-0.1, -0.05) is 4.48 Å². The number of aliphatic hydroxyl groups excluding tert-OH is 1. The van der Waals surface area contributed by atoms with Crippen molar-refractivity contribution >= 4 is 0 Å². The van der Waals surface area contributed by atoms with Crippen LogP contribution in [-0.4, -0.2) is 46.8 Å². The first-order chi connectivity index (χ1) is 11.1. The van der Waals surface area contributed by atoms with E-state index in [4.69, 9.17) is 0 Å². The summed E-state index contributed by atoms with van der Waals surface area (Å²) in [5, 5.41) is 13.3. The second-order valence-electron chi connectivity index (χ2n) is 7.23. The molecule has 5 aliphatic heterocycles. The van der Waals surface area contributed by atoms with Gasteiger partial charge in [-0.05, 0) is 37.9 Å². The quantitative estimate of drug-likeness (QED) is 0.725. The van der Waals surface area contributed by atoms with Crippen LogP contribution in [0.3, 0.4) is 0 Å². The number of nitrogens with one attached hydrogen (secondary N) is 1. The maximum absolute atomic E-state index is 13.9. The Morgan fingerprint density at radius 2 is 2.04 bits per heavy atom. The van der Waals surface area contributed by atoms with Gasteiger partial charge in [0.05, 0.1) is 17.8 Å². The molecule has 23 heavy (non-hydrogen) atoms. The Labute approximate surface area is 134 Å². The predicted octanol–water partition coefficient (Wildman–Crippen LogP) is 2.03. The topological polar surface area (TPSA) is 42.0 Å². The lowest BCUT2D eigenvalue weighted by Gasteiger charge is -2.46. The van der Waals surface area contributed by atoms with E-state index >= 15 is 0 Å². The van der Waals surface area contributed by atoms with Crippen molar-refractivity contribution in [2.45, 2.75) is 12.8 Å². The monoisotopic (exact) mass is 316 g/mol. The van der Waals surface area contributed by atoms with Crippen molar-refractivity contribution in [1.82, 2.24) is 20.5 Å². The number of nitrogens with zero attached hydrogens (tertiary/aromatic N) is 3. The zero-order valence-electron chi connectivity index (χ0n) is 13.2. The predicted molar refractivity (Wildman–Crippen MR) is 83.9 cm³/mol. The lowest BCUT2D eigenvalue weighted by Crippen LogP contribution is -2.48. The van der Waals surface area contributed by atoms with Gasteiger partial charge in [0.2, 0.25) is 0 Å². The SMILES string of the molecule is CN1NC2=CC(C3CN4CCC3CC4)=C(O)C3=CN(F)C=C1C23. The van der Waals surface area contributed by atoms with Crippen LogP contribution in [0.2, 0.25) is 0 Å². The minimum absolute atomic E-state index is 0.0724. The largest absolute Gasteiger partial charge is 0.507 e. The van der Waals surface area contributed by atoms with Crippen LogP contribution in [0.5, 0.6) is 0 Å². The molecule has 0 saturated carbocycles. The Kier molecular flexibility index (Phi) is 2.66. The third-order valence-electron chi connectivity index (χ3n) is 6.03. The normalized spacial score (nSPS) is 38.1. The van der Waals surface area contributed by atoms with Crippen LogP contribution in [0, 0.1) is 17.8 Å². The van der Waals surface area contributed by atoms with Gasteiger partial charge in [0, 0.05) is 42.6 Å². The van der Waals surface area contributed by atoms with Gasteiger partial charge in [-0.2, -0.15) is 5.12 Å². The van der Waals surface area contributed by atoms with Gasteiger partial charge >= 0.3 is 0 Å². The fraction of sp³-hybridized carbons (Fsp3) is 0.529. The molecule has 0 aromatic carbocycles. The molecule has 5 heterocycles. The molecular weight excluding hydrogens is 295 g/mol. The minimum atomic E-state index is -0.0724. The second kappa shape index (κ2) is 4.54. The Balaban J connectivity index is 1.59. The third kappa shape index (κ3) is 1.81. The highest BCUT2D eigenvalue weighted by atomic mass is 19.2. The van der Waals surface area contributed by atoms with E-state index in [-0.39, 0.29) is 11.7 Å². The summed E-state index contributed by atoms with van der Waals surface area (Å²) in [6.07, 6.45) is 7.38. The molecule has 2 atom stereocenters. The van der Waals surface area contributed by atoms with Crippen LogP contribution >= 0.6 is 0 Å². The van der Waals surface area contributed by atoms with E-state index in [1.54, 1.807) is 0 Å². The molecular formula is C17H21FN4O. The molecule has 4 saturated heterocycles. The van der Waals surface area contributed by atoms with Crippen molar-refractivity contribution in [3.8, 4) is 0 Å². The lowest BCUT2D eigenvalue weighted by molar-refractivity contribution is 0.0676. The summed E-state index contributed by atoms with van der Waals surface area (Å²) in [4.78, 5) is 2.48. The first kappa shape index (κ1) is 13.5. The molecule has 1 aliphatic carbocycles. The van der Waals surface area contributed by atoms with Crippen molar-refractivity contribution in [3.63, 3.8) is 0 Å². The molecule has 5 nitrogen and oxygen atoms in total. The third-order valence-corrected chi connectivity index (χ3v) is 6.03. The maximum Gasteiger partial charge on any atom is 0.125 e. The summed E-state index contributed by atoms with van der Waals surface area (Å²) < 4.78 is 13.9. The summed E-state index contributed by atoms with van der Waals surface area (Å²) in [7, 11) is 1.88. The molecule has 6 rings (SSSR count). The zero-order chi connectivity index (χ0) is 15.7. The second-order valence-corrected chi connectivity index (χ2v) is 7.23. The molecule has 0 aromatic heterocycles. The van der Waals surface area contributed by atoms with Gasteiger partial charge in [-0.3, -0.25) is 5.01 Å². The van der Waals surface area contributed by atoms with E-state index < -0.39 is 0 Å². The van der Waals surface area contributed by atoms with Crippen LogP contribution in [-0.2, 0) is 0 Å². The number of hydrogen-bond acceptors (Lipinski definition) is 5. The Morgan fingerprint density at radius 1 is 1.26 bits per heavy atom. The van der Waals surface area contributed by atoms with E-state index in [1.807, 2.05) is 12.1 Å². The highest BCUT2D eigenvalue weighted by Gasteiger charge is 2.44. The number of rotatable bonds is 1. The summed E-state index contributed by atoms with van der Waals surface area (Å²) in [5.74, 6) is 1.19. The van der Waals surface area contributed by atoms with Gasteiger partial charge in [0.1, 0.15) is 5.76 Å². The molecule has 0 amide bonds. The Bertz CT molecular complexity index is 687. The molecule has 0 aromatic rings. The van der Waals surface area contributed by atoms with Gasteiger partial charge < -0.3 is 15.4 Å². The standard InChI is InChI=1S/C17H21FN4O/c1-20-15-9-22(18)8-13-16(15)14(19-20)6-11(17(13)23)12-7-21-4-2-10(12)3-5-21/h6,8-10,12,16,19,23H,2-5,7H2,1H3. The summed E-state index contributed by atoms with van der Waals surface area (Å²) >= 11 is 0. The van der Waals surface area contributed by atoms with E-state index in [2.05, 4.69) is 16.4 Å². The van der Waals surface area contributed by atoms with Gasteiger partial charge in [-0.25, -0.2) is 0 Å². The zero-order valence-corrected chi connectivity index (χ0v) is 13.2. The molecule has 0 radical (unpaired) electrons. The van der Waals surface area contributed by atoms with Gasteiger partial charge in [0.25, 0.3) is 0 Å². The van der Waals surface area contributed by atoms with Crippen LogP contribution in [0.4, 0.5) is 4.48 Å². The summed E-state index contributed by atoms with van der Waals surface area (Å²) in [6, 6.07) is 0.